The third-order valence-electron chi connectivity index (χ3n) is 4.62. The van der Waals surface area contributed by atoms with Gasteiger partial charge in [0.2, 0.25) is 5.91 Å². The Labute approximate surface area is 149 Å². The van der Waals surface area contributed by atoms with Crippen molar-refractivity contribution < 1.29 is 19.2 Å². The number of amides is 5. The number of anilines is 1. The van der Waals surface area contributed by atoms with Crippen LogP contribution in [0.2, 0.25) is 5.02 Å². The lowest BCUT2D eigenvalue weighted by atomic mass is 10.2. The first kappa shape index (κ1) is 17.4. The molecule has 1 saturated carbocycles. The zero-order valence-corrected chi connectivity index (χ0v) is 14.5. The first-order chi connectivity index (χ1) is 11.9. The summed E-state index contributed by atoms with van der Waals surface area (Å²) in [5.74, 6) is -2.35. The monoisotopic (exact) mass is 363 g/mol. The van der Waals surface area contributed by atoms with E-state index in [2.05, 4.69) is 5.32 Å². The van der Waals surface area contributed by atoms with Gasteiger partial charge in [-0.05, 0) is 37.5 Å². The van der Waals surface area contributed by atoms with Crippen LogP contribution in [0, 0.1) is 6.92 Å². The molecule has 1 heterocycles. The smallest absolute Gasteiger partial charge is 0.324 e. The number of halogens is 1. The van der Waals surface area contributed by atoms with E-state index in [0.29, 0.717) is 34.0 Å². The first-order valence-corrected chi connectivity index (χ1v) is 8.52. The lowest BCUT2D eigenvalue weighted by molar-refractivity contribution is -0.144. The second-order valence-corrected chi connectivity index (χ2v) is 6.66. The van der Waals surface area contributed by atoms with Gasteiger partial charge in [-0.15, -0.1) is 0 Å². The minimum atomic E-state index is -0.949. The van der Waals surface area contributed by atoms with E-state index in [0.717, 1.165) is 17.7 Å². The Morgan fingerprint density at radius 3 is 2.56 bits per heavy atom. The van der Waals surface area contributed by atoms with Crippen molar-refractivity contribution in [3.8, 4) is 0 Å². The summed E-state index contributed by atoms with van der Waals surface area (Å²) in [6, 6.07) is 4.09. The van der Waals surface area contributed by atoms with Crippen molar-refractivity contribution in [3.05, 3.63) is 28.8 Å². The molecule has 1 aliphatic carbocycles. The Morgan fingerprint density at radius 2 is 1.88 bits per heavy atom. The van der Waals surface area contributed by atoms with Crippen LogP contribution >= 0.6 is 11.6 Å². The summed E-state index contributed by atoms with van der Waals surface area (Å²) in [6.45, 7) is 1.24. The molecule has 2 fully saturated rings. The topological polar surface area (TPSA) is 86.8 Å². The molecule has 1 N–H and O–H groups in total. The molecule has 0 atom stereocenters. The van der Waals surface area contributed by atoms with Crippen LogP contribution in [-0.4, -0.2) is 46.1 Å². The van der Waals surface area contributed by atoms with Crippen molar-refractivity contribution in [2.75, 3.05) is 11.9 Å². The Kier molecular flexibility index (Phi) is 4.76. The average molecular weight is 364 g/mol. The number of hydrogen-bond acceptors (Lipinski definition) is 4. The first-order valence-electron chi connectivity index (χ1n) is 8.14. The largest absolute Gasteiger partial charge is 0.334 e. The second-order valence-electron chi connectivity index (χ2n) is 6.25. The van der Waals surface area contributed by atoms with Crippen LogP contribution in [-0.2, 0) is 14.4 Å². The average Bonchev–Trinajstić information content (AvgIpc) is 3.16. The molecule has 25 heavy (non-hydrogen) atoms. The zero-order chi connectivity index (χ0) is 18.1. The predicted octanol–water partition coefficient (Wildman–Crippen LogP) is 2.32. The van der Waals surface area contributed by atoms with Crippen LogP contribution in [0.25, 0.3) is 0 Å². The molecule has 0 spiro atoms. The summed E-state index contributed by atoms with van der Waals surface area (Å²) in [5.41, 5.74) is 1.18. The molecule has 3 rings (SSSR count). The lowest BCUT2D eigenvalue weighted by Gasteiger charge is -2.21. The van der Waals surface area contributed by atoms with Crippen LogP contribution in [0.5, 0.6) is 0 Å². The van der Waals surface area contributed by atoms with E-state index < -0.39 is 30.3 Å². The number of benzene rings is 1. The maximum atomic E-state index is 12.4. The number of hydrogen-bond donors (Lipinski definition) is 1. The van der Waals surface area contributed by atoms with Gasteiger partial charge < -0.3 is 5.32 Å². The van der Waals surface area contributed by atoms with Gasteiger partial charge in [0.25, 0.3) is 0 Å². The molecule has 0 radical (unpaired) electrons. The standard InChI is InChI=1S/C17H18ClN3O4/c1-10-12(18)7-4-8-13(10)19-14(22)9-20-15(23)16(24)21(17(20)25)11-5-2-3-6-11/h4,7-8,11H,2-3,5-6,9H2,1H3,(H,19,22). The van der Waals surface area contributed by atoms with Crippen molar-refractivity contribution in [1.82, 2.24) is 9.80 Å². The SMILES string of the molecule is Cc1c(Cl)cccc1NC(=O)CN1C(=O)C(=O)N(C2CCCC2)C1=O. The minimum Gasteiger partial charge on any atom is -0.324 e. The molecule has 7 nitrogen and oxygen atoms in total. The third kappa shape index (κ3) is 3.24. The van der Waals surface area contributed by atoms with Crippen LogP contribution in [0.3, 0.4) is 0 Å². The van der Waals surface area contributed by atoms with E-state index in [4.69, 9.17) is 11.6 Å². The molecular weight excluding hydrogens is 346 g/mol. The summed E-state index contributed by atoms with van der Waals surface area (Å²) in [7, 11) is 0. The molecule has 2 aliphatic rings. The second kappa shape index (κ2) is 6.84. The summed E-state index contributed by atoms with van der Waals surface area (Å²) < 4.78 is 0. The Bertz CT molecular complexity index is 758. The normalized spacial score (nSPS) is 18.4. The third-order valence-corrected chi connectivity index (χ3v) is 5.03. The number of urea groups is 1. The van der Waals surface area contributed by atoms with E-state index in [1.54, 1.807) is 25.1 Å². The molecule has 8 heteroatoms. The van der Waals surface area contributed by atoms with Gasteiger partial charge in [0.1, 0.15) is 6.54 Å². The van der Waals surface area contributed by atoms with Gasteiger partial charge in [0.05, 0.1) is 0 Å². The molecule has 1 aromatic rings. The van der Waals surface area contributed by atoms with E-state index in [1.165, 1.54) is 0 Å². The van der Waals surface area contributed by atoms with E-state index in [-0.39, 0.29) is 6.04 Å². The highest BCUT2D eigenvalue weighted by atomic mass is 35.5. The molecule has 0 aromatic heterocycles. The van der Waals surface area contributed by atoms with Crippen molar-refractivity contribution in [1.29, 1.82) is 0 Å². The van der Waals surface area contributed by atoms with Gasteiger partial charge in [-0.3, -0.25) is 19.3 Å². The number of nitrogens with one attached hydrogen (secondary N) is 1. The number of imide groups is 2. The molecule has 0 unspecified atom stereocenters. The summed E-state index contributed by atoms with van der Waals surface area (Å²) in [5, 5.41) is 3.11. The van der Waals surface area contributed by atoms with Crippen molar-refractivity contribution in [3.63, 3.8) is 0 Å². The molecule has 0 bridgehead atoms. The Hall–Kier alpha value is -2.41. The number of rotatable bonds is 4. The van der Waals surface area contributed by atoms with E-state index in [1.807, 2.05) is 0 Å². The van der Waals surface area contributed by atoms with Crippen LogP contribution in [0.1, 0.15) is 31.2 Å². The number of nitrogens with zero attached hydrogens (tertiary/aromatic N) is 2. The van der Waals surface area contributed by atoms with Crippen molar-refractivity contribution in [2.45, 2.75) is 38.6 Å². The van der Waals surface area contributed by atoms with Gasteiger partial charge in [0, 0.05) is 16.8 Å². The number of carbonyl (C=O) groups is 4. The molecule has 132 valence electrons. The fourth-order valence-electron chi connectivity index (χ4n) is 3.22. The van der Waals surface area contributed by atoms with Gasteiger partial charge in [0.15, 0.2) is 0 Å². The quantitative estimate of drug-likeness (QED) is 0.657. The summed E-state index contributed by atoms with van der Waals surface area (Å²) >= 11 is 6.00. The Balaban J connectivity index is 1.70. The lowest BCUT2D eigenvalue weighted by Crippen LogP contribution is -2.41. The molecule has 5 amide bonds. The summed E-state index contributed by atoms with van der Waals surface area (Å²) in [4.78, 5) is 50.6. The van der Waals surface area contributed by atoms with Crippen molar-refractivity contribution >= 4 is 41.0 Å². The van der Waals surface area contributed by atoms with Crippen LogP contribution < -0.4 is 5.32 Å². The van der Waals surface area contributed by atoms with Gasteiger partial charge in [-0.1, -0.05) is 30.5 Å². The molecule has 1 aliphatic heterocycles. The molecule has 1 aromatic carbocycles. The van der Waals surface area contributed by atoms with Crippen molar-refractivity contribution in [2.24, 2.45) is 0 Å². The van der Waals surface area contributed by atoms with Gasteiger partial charge in [-0.25, -0.2) is 9.69 Å². The zero-order valence-electron chi connectivity index (χ0n) is 13.8. The maximum absolute atomic E-state index is 12.4. The highest BCUT2D eigenvalue weighted by molar-refractivity contribution is 6.45. The van der Waals surface area contributed by atoms with E-state index >= 15 is 0 Å². The fourth-order valence-corrected chi connectivity index (χ4v) is 3.40. The summed E-state index contributed by atoms with van der Waals surface area (Å²) in [6.07, 6.45) is 3.24. The molecule has 1 saturated heterocycles. The highest BCUT2D eigenvalue weighted by Crippen LogP contribution is 2.28. The Morgan fingerprint density at radius 1 is 1.20 bits per heavy atom. The van der Waals surface area contributed by atoms with Crippen LogP contribution in [0.4, 0.5) is 10.5 Å². The number of carbonyl (C=O) groups excluding carboxylic acids is 4. The fraction of sp³-hybridized carbons (Fsp3) is 0.412. The highest BCUT2D eigenvalue weighted by Gasteiger charge is 2.48. The van der Waals surface area contributed by atoms with E-state index in [9.17, 15) is 19.2 Å². The minimum absolute atomic E-state index is 0.243. The molecular formula is C17H18ClN3O4. The van der Waals surface area contributed by atoms with Crippen LogP contribution in [0.15, 0.2) is 18.2 Å². The predicted molar refractivity (Wildman–Crippen MR) is 91.0 cm³/mol. The van der Waals surface area contributed by atoms with Gasteiger partial charge in [-0.2, -0.15) is 0 Å². The van der Waals surface area contributed by atoms with Gasteiger partial charge >= 0.3 is 17.8 Å². The maximum Gasteiger partial charge on any atom is 0.334 e.